The van der Waals surface area contributed by atoms with Crippen molar-refractivity contribution in [1.82, 2.24) is 15.3 Å². The standard InChI is InChI=1S/C17H19FN2O.C11H10FN.C2H6/c18-14-5-6-17-16(9-14)15(7-8-20-17)13-3-1-12(2-4-13)10-19-11-21;1-8-6-13-7-11(8)9-3-2-4-10(12)5-9;1-2/h5-9,11-13H,1-4,10H2,(H,19,21);2-7,13H,1H3;1-2H3. The summed E-state index contributed by atoms with van der Waals surface area (Å²) >= 11 is 0. The second kappa shape index (κ2) is 13.5. The molecule has 0 aliphatic heterocycles. The summed E-state index contributed by atoms with van der Waals surface area (Å²) in [5.74, 6) is 0.625. The highest BCUT2D eigenvalue weighted by Gasteiger charge is 2.23. The molecule has 0 unspecified atom stereocenters. The van der Waals surface area contributed by atoms with E-state index in [2.05, 4.69) is 15.3 Å². The van der Waals surface area contributed by atoms with E-state index in [0.29, 0.717) is 11.8 Å². The maximum absolute atomic E-state index is 13.5. The van der Waals surface area contributed by atoms with Crippen molar-refractivity contribution in [2.24, 2.45) is 5.92 Å². The maximum atomic E-state index is 13.5. The molecule has 2 N–H and O–H groups in total. The number of rotatable bonds is 5. The Balaban J connectivity index is 0.000000206. The van der Waals surface area contributed by atoms with Crippen LogP contribution >= 0.6 is 0 Å². The van der Waals surface area contributed by atoms with Crippen LogP contribution < -0.4 is 5.32 Å². The number of H-pyrrole nitrogens is 1. The highest BCUT2D eigenvalue weighted by atomic mass is 19.1. The zero-order chi connectivity index (χ0) is 25.9. The molecule has 1 aliphatic rings. The second-order valence-electron chi connectivity index (χ2n) is 8.87. The van der Waals surface area contributed by atoms with Crippen LogP contribution in [0.4, 0.5) is 8.78 Å². The first-order chi connectivity index (χ1) is 17.5. The number of aromatic nitrogens is 2. The van der Waals surface area contributed by atoms with Gasteiger partial charge < -0.3 is 10.3 Å². The number of carbonyl (C=O) groups excluding carboxylic acids is 1. The Labute approximate surface area is 212 Å². The summed E-state index contributed by atoms with van der Waals surface area (Å²) in [6.07, 6.45) is 10.7. The lowest BCUT2D eigenvalue weighted by Crippen LogP contribution is -2.25. The molecule has 190 valence electrons. The van der Waals surface area contributed by atoms with Gasteiger partial charge in [-0.3, -0.25) is 9.78 Å². The van der Waals surface area contributed by atoms with Gasteiger partial charge in [0.2, 0.25) is 6.41 Å². The molecule has 0 atom stereocenters. The van der Waals surface area contributed by atoms with Crippen LogP contribution in [-0.2, 0) is 4.79 Å². The molecule has 2 aromatic heterocycles. The Hall–Kier alpha value is -3.54. The van der Waals surface area contributed by atoms with E-state index in [9.17, 15) is 13.6 Å². The topological polar surface area (TPSA) is 57.8 Å². The van der Waals surface area contributed by atoms with Gasteiger partial charge in [-0.15, -0.1) is 0 Å². The van der Waals surface area contributed by atoms with Crippen molar-refractivity contribution in [3.63, 3.8) is 0 Å². The van der Waals surface area contributed by atoms with E-state index < -0.39 is 0 Å². The molecule has 0 saturated heterocycles. The monoisotopic (exact) mass is 491 g/mol. The summed E-state index contributed by atoms with van der Waals surface area (Å²) in [5, 5.41) is 3.71. The van der Waals surface area contributed by atoms with Crippen LogP contribution in [0.1, 0.15) is 56.6 Å². The highest BCUT2D eigenvalue weighted by molar-refractivity contribution is 5.82. The molecule has 4 aromatic rings. The van der Waals surface area contributed by atoms with Crippen LogP contribution in [0.5, 0.6) is 0 Å². The molecule has 5 rings (SSSR count). The highest BCUT2D eigenvalue weighted by Crippen LogP contribution is 2.38. The number of halogens is 2. The van der Waals surface area contributed by atoms with E-state index >= 15 is 0 Å². The molecule has 2 heterocycles. The van der Waals surface area contributed by atoms with E-state index in [4.69, 9.17) is 0 Å². The molecule has 6 heteroatoms. The number of benzene rings is 2. The van der Waals surface area contributed by atoms with Gasteiger partial charge in [0.1, 0.15) is 11.6 Å². The van der Waals surface area contributed by atoms with Crippen LogP contribution in [0.15, 0.2) is 67.1 Å². The van der Waals surface area contributed by atoms with Gasteiger partial charge in [-0.25, -0.2) is 8.78 Å². The van der Waals surface area contributed by atoms with Gasteiger partial charge in [-0.2, -0.15) is 0 Å². The second-order valence-corrected chi connectivity index (χ2v) is 8.87. The van der Waals surface area contributed by atoms with E-state index in [-0.39, 0.29) is 11.6 Å². The molecule has 36 heavy (non-hydrogen) atoms. The number of nitrogens with zero attached hydrogens (tertiary/aromatic N) is 1. The Bertz CT molecular complexity index is 1250. The normalized spacial score (nSPS) is 16.8. The Kier molecular flexibility index (Phi) is 10.2. The number of carbonyl (C=O) groups is 1. The summed E-state index contributed by atoms with van der Waals surface area (Å²) in [6.45, 7) is 6.76. The van der Waals surface area contributed by atoms with E-state index in [1.54, 1.807) is 18.2 Å². The van der Waals surface area contributed by atoms with Crippen molar-refractivity contribution in [1.29, 1.82) is 0 Å². The first-order valence-electron chi connectivity index (χ1n) is 12.7. The molecule has 1 fully saturated rings. The first kappa shape index (κ1) is 27.1. The number of hydrogen-bond acceptors (Lipinski definition) is 2. The molecule has 2 aromatic carbocycles. The van der Waals surface area contributed by atoms with Gasteiger partial charge in [-0.05, 0) is 97.5 Å². The predicted octanol–water partition coefficient (Wildman–Crippen LogP) is 7.55. The average Bonchev–Trinajstić information content (AvgIpc) is 3.35. The van der Waals surface area contributed by atoms with Gasteiger partial charge in [0.05, 0.1) is 5.52 Å². The molecular formula is C30H35F2N3O. The SMILES string of the molecule is CC.Cc1c[nH]cc1-c1cccc(F)c1.O=CNCC1CCC(c2ccnc3ccc(F)cc23)CC1. The zero-order valence-corrected chi connectivity index (χ0v) is 21.2. The van der Waals surface area contributed by atoms with E-state index in [1.807, 2.05) is 51.5 Å². The lowest BCUT2D eigenvalue weighted by atomic mass is 9.78. The van der Waals surface area contributed by atoms with Crippen LogP contribution in [0, 0.1) is 24.5 Å². The number of amides is 1. The average molecular weight is 492 g/mol. The van der Waals surface area contributed by atoms with Gasteiger partial charge in [-0.1, -0.05) is 26.0 Å². The fourth-order valence-electron chi connectivity index (χ4n) is 4.80. The van der Waals surface area contributed by atoms with Gasteiger partial charge in [0, 0.05) is 36.1 Å². The zero-order valence-electron chi connectivity index (χ0n) is 21.2. The molecule has 0 bridgehead atoms. The van der Waals surface area contributed by atoms with Gasteiger partial charge in [0.25, 0.3) is 0 Å². The Morgan fingerprint density at radius 2 is 1.75 bits per heavy atom. The summed E-state index contributed by atoms with van der Waals surface area (Å²) in [4.78, 5) is 17.7. The smallest absolute Gasteiger partial charge is 0.207 e. The maximum Gasteiger partial charge on any atom is 0.207 e. The molecule has 1 amide bonds. The number of aryl methyl sites for hydroxylation is 1. The number of hydrogen-bond donors (Lipinski definition) is 2. The quantitative estimate of drug-likeness (QED) is 0.283. The summed E-state index contributed by atoms with van der Waals surface area (Å²) in [7, 11) is 0. The van der Waals surface area contributed by atoms with Gasteiger partial charge >= 0.3 is 0 Å². The molecule has 0 spiro atoms. The van der Waals surface area contributed by atoms with Crippen molar-refractivity contribution in [2.75, 3.05) is 6.54 Å². The van der Waals surface area contributed by atoms with Crippen molar-refractivity contribution >= 4 is 17.3 Å². The minimum Gasteiger partial charge on any atom is -0.367 e. The molecule has 1 aliphatic carbocycles. The van der Waals surface area contributed by atoms with Crippen LogP contribution in [0.2, 0.25) is 0 Å². The number of fused-ring (bicyclic) bond motifs is 1. The van der Waals surface area contributed by atoms with Crippen molar-refractivity contribution in [2.45, 2.75) is 52.4 Å². The molecular weight excluding hydrogens is 456 g/mol. The van der Waals surface area contributed by atoms with E-state index in [0.717, 1.165) is 66.2 Å². The lowest BCUT2D eigenvalue weighted by molar-refractivity contribution is -0.109. The number of aromatic amines is 1. The van der Waals surface area contributed by atoms with Crippen molar-refractivity contribution in [3.05, 3.63) is 89.9 Å². The van der Waals surface area contributed by atoms with Crippen molar-refractivity contribution in [3.8, 4) is 11.1 Å². The van der Waals surface area contributed by atoms with Crippen LogP contribution in [0.25, 0.3) is 22.0 Å². The number of pyridine rings is 1. The third-order valence-corrected chi connectivity index (χ3v) is 6.60. The molecule has 1 saturated carbocycles. The fraction of sp³-hybridized carbons (Fsp3) is 0.333. The summed E-state index contributed by atoms with van der Waals surface area (Å²) < 4.78 is 26.4. The van der Waals surface area contributed by atoms with E-state index in [1.165, 1.54) is 23.8 Å². The lowest BCUT2D eigenvalue weighted by Gasteiger charge is -2.29. The van der Waals surface area contributed by atoms with Crippen LogP contribution in [-0.4, -0.2) is 22.9 Å². The predicted molar refractivity (Wildman–Crippen MR) is 143 cm³/mol. The number of nitrogens with one attached hydrogen (secondary N) is 2. The van der Waals surface area contributed by atoms with Crippen LogP contribution in [0.3, 0.4) is 0 Å². The van der Waals surface area contributed by atoms with Gasteiger partial charge in [0.15, 0.2) is 0 Å². The summed E-state index contributed by atoms with van der Waals surface area (Å²) in [5.41, 5.74) is 5.17. The van der Waals surface area contributed by atoms with Crippen molar-refractivity contribution < 1.29 is 13.6 Å². The third kappa shape index (κ3) is 7.00. The third-order valence-electron chi connectivity index (χ3n) is 6.60. The minimum absolute atomic E-state index is 0.196. The molecule has 0 radical (unpaired) electrons. The fourth-order valence-corrected chi connectivity index (χ4v) is 4.80. The largest absolute Gasteiger partial charge is 0.367 e. The first-order valence-corrected chi connectivity index (χ1v) is 12.7. The summed E-state index contributed by atoms with van der Waals surface area (Å²) in [6, 6.07) is 13.4. The molecule has 4 nitrogen and oxygen atoms in total. The Morgan fingerprint density at radius 1 is 1.00 bits per heavy atom. The Morgan fingerprint density at radius 3 is 2.42 bits per heavy atom. The minimum atomic E-state index is -0.208.